The molecule has 138 valence electrons. The molecule has 0 unspecified atom stereocenters. The Balaban J connectivity index is 1.97. The Bertz CT molecular complexity index is 1230. The zero-order valence-electron chi connectivity index (χ0n) is 15.0. The Morgan fingerprint density at radius 1 is 1.04 bits per heavy atom. The molecule has 0 spiro atoms. The summed E-state index contributed by atoms with van der Waals surface area (Å²) in [6.07, 6.45) is 5.38. The van der Waals surface area contributed by atoms with Gasteiger partial charge in [-0.05, 0) is 77.2 Å². The van der Waals surface area contributed by atoms with E-state index in [1.807, 2.05) is 66.7 Å². The summed E-state index contributed by atoms with van der Waals surface area (Å²) in [4.78, 5) is 22.4. The van der Waals surface area contributed by atoms with Crippen LogP contribution >= 0.6 is 22.6 Å². The van der Waals surface area contributed by atoms with E-state index in [9.17, 15) is 4.79 Å². The Morgan fingerprint density at radius 3 is 2.71 bits per heavy atom. The van der Waals surface area contributed by atoms with Gasteiger partial charge in [0.05, 0.1) is 29.4 Å². The zero-order chi connectivity index (χ0) is 19.5. The second-order valence-corrected chi connectivity index (χ2v) is 7.31. The normalized spacial score (nSPS) is 11.2. The maximum Gasteiger partial charge on any atom is 0.266 e. The lowest BCUT2D eigenvalue weighted by Crippen LogP contribution is -2.22. The van der Waals surface area contributed by atoms with Crippen molar-refractivity contribution in [2.24, 2.45) is 0 Å². The van der Waals surface area contributed by atoms with Crippen LogP contribution in [0.4, 0.5) is 0 Å². The van der Waals surface area contributed by atoms with E-state index in [4.69, 9.17) is 9.72 Å². The van der Waals surface area contributed by atoms with Crippen molar-refractivity contribution in [1.82, 2.24) is 14.5 Å². The van der Waals surface area contributed by atoms with Crippen LogP contribution < -0.4 is 10.3 Å². The Labute approximate surface area is 175 Å². The number of fused-ring (bicyclic) bond motifs is 1. The van der Waals surface area contributed by atoms with Gasteiger partial charge in [0.1, 0.15) is 11.6 Å². The number of ether oxygens (including phenoxy) is 1. The summed E-state index contributed by atoms with van der Waals surface area (Å²) in [7, 11) is 1.60. The number of hydrogen-bond donors (Lipinski definition) is 0. The average Bonchev–Trinajstić information content (AvgIpc) is 2.73. The predicted octanol–water partition coefficient (Wildman–Crippen LogP) is 4.56. The van der Waals surface area contributed by atoms with Crippen LogP contribution in [0.5, 0.6) is 5.75 Å². The van der Waals surface area contributed by atoms with Crippen LogP contribution in [0.15, 0.2) is 71.7 Å². The van der Waals surface area contributed by atoms with Crippen molar-refractivity contribution < 1.29 is 4.74 Å². The van der Waals surface area contributed by atoms with Crippen LogP contribution in [0.25, 0.3) is 28.7 Å². The molecule has 5 nitrogen and oxygen atoms in total. The van der Waals surface area contributed by atoms with Crippen molar-refractivity contribution in [1.29, 1.82) is 0 Å². The molecular weight excluding hydrogens is 465 g/mol. The summed E-state index contributed by atoms with van der Waals surface area (Å²) in [5.74, 6) is 1.20. The van der Waals surface area contributed by atoms with Gasteiger partial charge in [-0.15, -0.1) is 0 Å². The second kappa shape index (κ2) is 7.93. The molecule has 4 rings (SSSR count). The van der Waals surface area contributed by atoms with Gasteiger partial charge >= 0.3 is 0 Å². The molecule has 28 heavy (non-hydrogen) atoms. The summed E-state index contributed by atoms with van der Waals surface area (Å²) >= 11 is 2.20. The summed E-state index contributed by atoms with van der Waals surface area (Å²) in [5.41, 5.74) is 2.01. The molecule has 2 aromatic carbocycles. The Morgan fingerprint density at radius 2 is 1.93 bits per heavy atom. The summed E-state index contributed by atoms with van der Waals surface area (Å²) < 4.78 is 7.91. The van der Waals surface area contributed by atoms with Gasteiger partial charge in [0.25, 0.3) is 5.56 Å². The lowest BCUT2D eigenvalue weighted by Gasteiger charge is -2.12. The average molecular weight is 481 g/mol. The van der Waals surface area contributed by atoms with Gasteiger partial charge in [-0.1, -0.05) is 12.1 Å². The molecule has 0 saturated carbocycles. The number of benzene rings is 2. The molecule has 0 atom stereocenters. The van der Waals surface area contributed by atoms with E-state index in [2.05, 4.69) is 27.6 Å². The quantitative estimate of drug-likeness (QED) is 0.401. The monoisotopic (exact) mass is 481 g/mol. The Kier molecular flexibility index (Phi) is 5.21. The summed E-state index contributed by atoms with van der Waals surface area (Å²) in [6.45, 7) is 0. The molecule has 0 radical (unpaired) electrons. The van der Waals surface area contributed by atoms with Crippen LogP contribution in [0, 0.1) is 3.57 Å². The highest BCUT2D eigenvalue weighted by Crippen LogP contribution is 2.20. The van der Waals surface area contributed by atoms with Crippen molar-refractivity contribution in [3.63, 3.8) is 0 Å². The predicted molar refractivity (Wildman–Crippen MR) is 120 cm³/mol. The third kappa shape index (κ3) is 3.68. The zero-order valence-corrected chi connectivity index (χ0v) is 17.2. The standard InChI is InChI=1S/C22H16IN3O2/c1-28-18-7-4-6-17(14-18)26-21(11-9-16-5-2-3-12-24-16)25-20-10-8-15(23)13-19(20)22(26)27/h2-14H,1H3. The topological polar surface area (TPSA) is 57.0 Å². The van der Waals surface area contributed by atoms with Crippen LogP contribution in [0.3, 0.4) is 0 Å². The van der Waals surface area contributed by atoms with Crippen molar-refractivity contribution in [3.05, 3.63) is 92.3 Å². The third-order valence-electron chi connectivity index (χ3n) is 4.26. The first kappa shape index (κ1) is 18.4. The van der Waals surface area contributed by atoms with E-state index < -0.39 is 0 Å². The van der Waals surface area contributed by atoms with Gasteiger partial charge in [0, 0.05) is 15.8 Å². The van der Waals surface area contributed by atoms with Gasteiger partial charge in [0.2, 0.25) is 0 Å². The summed E-state index contributed by atoms with van der Waals surface area (Å²) in [5, 5.41) is 0.574. The molecule has 0 fully saturated rings. The van der Waals surface area contributed by atoms with Crippen molar-refractivity contribution >= 4 is 45.6 Å². The van der Waals surface area contributed by atoms with Gasteiger partial charge in [0.15, 0.2) is 0 Å². The first-order chi connectivity index (χ1) is 13.7. The fourth-order valence-corrected chi connectivity index (χ4v) is 3.41. The number of methoxy groups -OCH3 is 1. The Hall–Kier alpha value is -3.00. The maximum atomic E-state index is 13.3. The fourth-order valence-electron chi connectivity index (χ4n) is 2.92. The van der Waals surface area contributed by atoms with E-state index in [1.165, 1.54) is 0 Å². The number of hydrogen-bond acceptors (Lipinski definition) is 4. The number of aromatic nitrogens is 3. The molecule has 0 aliphatic rings. The molecule has 2 aromatic heterocycles. The van der Waals surface area contributed by atoms with Crippen LogP contribution in [0.2, 0.25) is 0 Å². The van der Waals surface area contributed by atoms with Gasteiger partial charge in [-0.25, -0.2) is 4.98 Å². The number of pyridine rings is 1. The first-order valence-electron chi connectivity index (χ1n) is 8.61. The van der Waals surface area contributed by atoms with Gasteiger partial charge in [-0.3, -0.25) is 14.3 Å². The van der Waals surface area contributed by atoms with Crippen LogP contribution in [0.1, 0.15) is 11.5 Å². The third-order valence-corrected chi connectivity index (χ3v) is 4.93. The van der Waals surface area contributed by atoms with Crippen molar-refractivity contribution in [2.45, 2.75) is 0 Å². The lowest BCUT2D eigenvalue weighted by atomic mass is 10.2. The van der Waals surface area contributed by atoms with E-state index in [0.29, 0.717) is 28.2 Å². The minimum Gasteiger partial charge on any atom is -0.497 e. The van der Waals surface area contributed by atoms with E-state index in [-0.39, 0.29) is 5.56 Å². The molecule has 4 aromatic rings. The second-order valence-electron chi connectivity index (χ2n) is 6.06. The number of nitrogens with zero attached hydrogens (tertiary/aromatic N) is 3. The SMILES string of the molecule is COc1cccc(-n2c(C=Cc3ccccn3)nc3ccc(I)cc3c2=O)c1. The summed E-state index contributed by atoms with van der Waals surface area (Å²) in [6, 6.07) is 18.7. The molecule has 0 bridgehead atoms. The molecule has 2 heterocycles. The highest BCUT2D eigenvalue weighted by Gasteiger charge is 2.12. The molecule has 0 saturated heterocycles. The van der Waals surface area contributed by atoms with E-state index >= 15 is 0 Å². The molecular formula is C22H16IN3O2. The van der Waals surface area contributed by atoms with Crippen LogP contribution in [-0.4, -0.2) is 21.6 Å². The van der Waals surface area contributed by atoms with Gasteiger partial charge < -0.3 is 4.74 Å². The molecule has 0 aliphatic heterocycles. The van der Waals surface area contributed by atoms with E-state index in [0.717, 1.165) is 9.26 Å². The highest BCUT2D eigenvalue weighted by atomic mass is 127. The van der Waals surface area contributed by atoms with Crippen molar-refractivity contribution in [2.75, 3.05) is 7.11 Å². The fraction of sp³-hybridized carbons (Fsp3) is 0.0455. The smallest absolute Gasteiger partial charge is 0.266 e. The number of rotatable bonds is 4. The number of halogens is 1. The van der Waals surface area contributed by atoms with E-state index in [1.54, 1.807) is 23.9 Å². The highest BCUT2D eigenvalue weighted by molar-refractivity contribution is 14.1. The lowest BCUT2D eigenvalue weighted by molar-refractivity contribution is 0.414. The molecule has 0 aliphatic carbocycles. The van der Waals surface area contributed by atoms with Gasteiger partial charge in [-0.2, -0.15) is 0 Å². The van der Waals surface area contributed by atoms with Crippen molar-refractivity contribution in [3.8, 4) is 11.4 Å². The first-order valence-corrected chi connectivity index (χ1v) is 9.69. The largest absolute Gasteiger partial charge is 0.497 e. The maximum absolute atomic E-state index is 13.3. The molecule has 6 heteroatoms. The minimum atomic E-state index is -0.127. The molecule has 0 N–H and O–H groups in total. The molecule has 0 amide bonds. The van der Waals surface area contributed by atoms with Crippen LogP contribution in [-0.2, 0) is 0 Å². The minimum absolute atomic E-state index is 0.127.